The normalized spacial score (nSPS) is 28.4. The van der Waals surface area contributed by atoms with Crippen LogP contribution in [-0.2, 0) is 4.74 Å². The fourth-order valence-corrected chi connectivity index (χ4v) is 3.70. The molecule has 0 radical (unpaired) electrons. The number of rotatable bonds is 5. The van der Waals surface area contributed by atoms with Crippen LogP contribution in [0.2, 0.25) is 0 Å². The highest BCUT2D eigenvalue weighted by Crippen LogP contribution is 2.25. The molecule has 0 bridgehead atoms. The highest BCUT2D eigenvalue weighted by atomic mass is 32.2. The van der Waals surface area contributed by atoms with Gasteiger partial charge in [0.2, 0.25) is 0 Å². The molecule has 0 amide bonds. The van der Waals surface area contributed by atoms with Crippen LogP contribution in [0.25, 0.3) is 0 Å². The average Bonchev–Trinajstić information content (AvgIpc) is 2.96. The first-order valence-electron chi connectivity index (χ1n) is 7.64. The van der Waals surface area contributed by atoms with Crippen molar-refractivity contribution in [3.8, 4) is 0 Å². The van der Waals surface area contributed by atoms with Gasteiger partial charge in [0.15, 0.2) is 5.96 Å². The Labute approximate surface area is 121 Å². The largest absolute Gasteiger partial charge is 0.376 e. The maximum atomic E-state index is 5.72. The van der Waals surface area contributed by atoms with Gasteiger partial charge in [0.25, 0.3) is 0 Å². The molecule has 0 saturated carbocycles. The van der Waals surface area contributed by atoms with Crippen molar-refractivity contribution in [1.29, 1.82) is 0 Å². The molecule has 0 aromatic heterocycles. The molecular formula is C14H27N3OS. The van der Waals surface area contributed by atoms with Crippen LogP contribution in [0, 0.1) is 0 Å². The standard InChI is InChI=1S/C14H27N3OS/c1-2-15-14(17-11-13-7-5-9-19-13)16-10-12-6-3-4-8-18-12/h12-13H,2-11H2,1H3,(H2,15,16,17). The Bertz CT molecular complexity index is 274. The number of hydrogen-bond acceptors (Lipinski definition) is 3. The summed E-state index contributed by atoms with van der Waals surface area (Å²) in [5.41, 5.74) is 0. The second-order valence-corrected chi connectivity index (χ2v) is 6.63. The number of ether oxygens (including phenoxy) is 1. The molecule has 4 nitrogen and oxygen atoms in total. The predicted octanol–water partition coefficient (Wildman–Crippen LogP) is 2.01. The van der Waals surface area contributed by atoms with Crippen molar-refractivity contribution in [1.82, 2.24) is 10.6 Å². The van der Waals surface area contributed by atoms with Crippen LogP contribution >= 0.6 is 11.8 Å². The van der Waals surface area contributed by atoms with E-state index in [1.165, 1.54) is 31.4 Å². The second-order valence-electron chi connectivity index (χ2n) is 5.22. The van der Waals surface area contributed by atoms with Gasteiger partial charge >= 0.3 is 0 Å². The van der Waals surface area contributed by atoms with Gasteiger partial charge in [-0.3, -0.25) is 4.99 Å². The van der Waals surface area contributed by atoms with E-state index in [-0.39, 0.29) is 0 Å². The van der Waals surface area contributed by atoms with Gasteiger partial charge in [-0.2, -0.15) is 11.8 Å². The van der Waals surface area contributed by atoms with E-state index in [1.807, 2.05) is 0 Å². The highest BCUT2D eigenvalue weighted by molar-refractivity contribution is 8.00. The molecule has 110 valence electrons. The van der Waals surface area contributed by atoms with Crippen LogP contribution in [-0.4, -0.2) is 49.3 Å². The topological polar surface area (TPSA) is 45.7 Å². The molecule has 2 fully saturated rings. The van der Waals surface area contributed by atoms with Gasteiger partial charge in [-0.05, 0) is 44.8 Å². The minimum Gasteiger partial charge on any atom is -0.376 e. The van der Waals surface area contributed by atoms with E-state index in [1.54, 1.807) is 0 Å². The number of hydrogen-bond donors (Lipinski definition) is 2. The lowest BCUT2D eigenvalue weighted by Gasteiger charge is -2.21. The van der Waals surface area contributed by atoms with Crippen LogP contribution in [0.4, 0.5) is 0 Å². The Morgan fingerprint density at radius 3 is 2.89 bits per heavy atom. The molecule has 0 aliphatic carbocycles. The zero-order valence-electron chi connectivity index (χ0n) is 12.0. The van der Waals surface area contributed by atoms with E-state index in [0.29, 0.717) is 6.10 Å². The molecule has 2 aliphatic heterocycles. The molecule has 19 heavy (non-hydrogen) atoms. The van der Waals surface area contributed by atoms with Gasteiger partial charge in [-0.1, -0.05) is 0 Å². The third-order valence-corrected chi connectivity index (χ3v) is 4.99. The summed E-state index contributed by atoms with van der Waals surface area (Å²) < 4.78 is 5.72. The Kier molecular flexibility index (Phi) is 6.85. The molecular weight excluding hydrogens is 258 g/mol. The number of nitrogens with zero attached hydrogens (tertiary/aromatic N) is 1. The number of aliphatic imine (C=N–C) groups is 1. The van der Waals surface area contributed by atoms with Gasteiger partial charge in [0.05, 0.1) is 12.6 Å². The molecule has 2 N–H and O–H groups in total. The van der Waals surface area contributed by atoms with Crippen molar-refractivity contribution < 1.29 is 4.74 Å². The lowest BCUT2D eigenvalue weighted by atomic mass is 10.1. The fraction of sp³-hybridized carbons (Fsp3) is 0.929. The number of nitrogens with one attached hydrogen (secondary N) is 2. The summed E-state index contributed by atoms with van der Waals surface area (Å²) >= 11 is 2.08. The van der Waals surface area contributed by atoms with Crippen molar-refractivity contribution in [3.63, 3.8) is 0 Å². The Morgan fingerprint density at radius 1 is 1.26 bits per heavy atom. The summed E-state index contributed by atoms with van der Waals surface area (Å²) in [6, 6.07) is 0. The molecule has 2 saturated heterocycles. The van der Waals surface area contributed by atoms with Crippen LogP contribution in [0.3, 0.4) is 0 Å². The molecule has 2 atom stereocenters. The van der Waals surface area contributed by atoms with Crippen LogP contribution in [0.1, 0.15) is 39.0 Å². The quantitative estimate of drug-likeness (QED) is 0.599. The number of thioether (sulfide) groups is 1. The monoisotopic (exact) mass is 285 g/mol. The van der Waals surface area contributed by atoms with Crippen molar-refractivity contribution in [2.24, 2.45) is 4.99 Å². The Balaban J connectivity index is 1.72. The van der Waals surface area contributed by atoms with Gasteiger partial charge in [-0.15, -0.1) is 0 Å². The summed E-state index contributed by atoms with van der Waals surface area (Å²) in [7, 11) is 0. The maximum Gasteiger partial charge on any atom is 0.191 e. The molecule has 0 spiro atoms. The summed E-state index contributed by atoms with van der Waals surface area (Å²) in [6.45, 7) is 5.74. The molecule has 2 rings (SSSR count). The van der Waals surface area contributed by atoms with Crippen molar-refractivity contribution in [2.45, 2.75) is 50.4 Å². The van der Waals surface area contributed by atoms with Crippen LogP contribution in [0.5, 0.6) is 0 Å². The first-order valence-corrected chi connectivity index (χ1v) is 8.68. The van der Waals surface area contributed by atoms with E-state index in [9.17, 15) is 0 Å². The van der Waals surface area contributed by atoms with Gasteiger partial charge in [0.1, 0.15) is 0 Å². The van der Waals surface area contributed by atoms with Crippen LogP contribution in [0.15, 0.2) is 4.99 Å². The fourth-order valence-electron chi connectivity index (χ4n) is 2.50. The number of guanidine groups is 1. The van der Waals surface area contributed by atoms with E-state index in [4.69, 9.17) is 4.74 Å². The maximum absolute atomic E-state index is 5.72. The predicted molar refractivity (Wildman–Crippen MR) is 83.1 cm³/mol. The van der Waals surface area contributed by atoms with Crippen molar-refractivity contribution in [3.05, 3.63) is 0 Å². The molecule has 0 aromatic rings. The molecule has 5 heteroatoms. The minimum atomic E-state index is 0.324. The smallest absolute Gasteiger partial charge is 0.191 e. The summed E-state index contributed by atoms with van der Waals surface area (Å²) in [5.74, 6) is 2.26. The van der Waals surface area contributed by atoms with E-state index < -0.39 is 0 Å². The summed E-state index contributed by atoms with van der Waals surface area (Å²) in [5, 5.41) is 7.54. The Morgan fingerprint density at radius 2 is 2.21 bits per heavy atom. The third kappa shape index (κ3) is 5.61. The lowest BCUT2D eigenvalue weighted by molar-refractivity contribution is 0.0224. The average molecular weight is 285 g/mol. The lowest BCUT2D eigenvalue weighted by Crippen LogP contribution is -2.40. The zero-order valence-corrected chi connectivity index (χ0v) is 12.8. The summed E-state index contributed by atoms with van der Waals surface area (Å²) in [4.78, 5) is 4.66. The van der Waals surface area contributed by atoms with Crippen molar-refractivity contribution >= 4 is 17.7 Å². The van der Waals surface area contributed by atoms with Crippen molar-refractivity contribution in [2.75, 3.05) is 32.0 Å². The zero-order chi connectivity index (χ0) is 13.3. The van der Waals surface area contributed by atoms with E-state index in [0.717, 1.165) is 43.9 Å². The first-order chi connectivity index (χ1) is 9.38. The van der Waals surface area contributed by atoms with Gasteiger partial charge in [0, 0.05) is 24.9 Å². The molecule has 2 heterocycles. The van der Waals surface area contributed by atoms with E-state index in [2.05, 4.69) is 34.3 Å². The van der Waals surface area contributed by atoms with E-state index >= 15 is 0 Å². The highest BCUT2D eigenvalue weighted by Gasteiger charge is 2.16. The molecule has 2 aliphatic rings. The molecule has 0 aromatic carbocycles. The summed E-state index contributed by atoms with van der Waals surface area (Å²) in [6.07, 6.45) is 6.66. The second kappa shape index (κ2) is 8.69. The third-order valence-electron chi connectivity index (χ3n) is 3.59. The Hall–Kier alpha value is -0.420. The molecule has 2 unspecified atom stereocenters. The van der Waals surface area contributed by atoms with Gasteiger partial charge < -0.3 is 15.4 Å². The van der Waals surface area contributed by atoms with Crippen LogP contribution < -0.4 is 10.6 Å². The minimum absolute atomic E-state index is 0.324. The van der Waals surface area contributed by atoms with Gasteiger partial charge in [-0.25, -0.2) is 0 Å². The first kappa shape index (κ1) is 15.0. The SMILES string of the molecule is CCNC(=NCC1CCCCO1)NCC1CCCS1.